The van der Waals surface area contributed by atoms with Crippen LogP contribution < -0.4 is 4.90 Å². The molecule has 1 spiro atoms. The molecule has 0 unspecified atom stereocenters. The molecule has 0 aromatic heterocycles. The summed E-state index contributed by atoms with van der Waals surface area (Å²) in [5, 5.41) is 0. The molecular weight excluding hydrogens is 257 g/mol. The second-order valence-electron chi connectivity index (χ2n) is 4.77. The molecule has 1 saturated carbocycles. The van der Waals surface area contributed by atoms with Crippen molar-refractivity contribution < 1.29 is 4.39 Å². The maximum absolute atomic E-state index is 13.4. The van der Waals surface area contributed by atoms with Crippen LogP contribution in [0.1, 0.15) is 19.3 Å². The Kier molecular flexibility index (Phi) is 2.06. The van der Waals surface area contributed by atoms with Crippen LogP contribution in [0.25, 0.3) is 0 Å². The number of benzene rings is 1. The number of anilines is 1. The second-order valence-corrected chi connectivity index (χ2v) is 5.62. The van der Waals surface area contributed by atoms with Gasteiger partial charge in [0.25, 0.3) is 0 Å². The molecule has 80 valence electrons. The van der Waals surface area contributed by atoms with Gasteiger partial charge in [-0.3, -0.25) is 0 Å². The van der Waals surface area contributed by atoms with Crippen molar-refractivity contribution in [2.24, 2.45) is 5.41 Å². The molecule has 0 N–H and O–H groups in total. The highest BCUT2D eigenvalue weighted by molar-refractivity contribution is 9.10. The van der Waals surface area contributed by atoms with Crippen molar-refractivity contribution in [3.63, 3.8) is 0 Å². The van der Waals surface area contributed by atoms with E-state index in [4.69, 9.17) is 0 Å². The Bertz CT molecular complexity index is 401. The highest BCUT2D eigenvalue weighted by Crippen LogP contribution is 2.53. The number of hydrogen-bond acceptors (Lipinski definition) is 1. The molecule has 0 bridgehead atoms. The molecule has 0 atom stereocenters. The monoisotopic (exact) mass is 269 g/mol. The lowest BCUT2D eigenvalue weighted by Gasteiger charge is -2.18. The standard InChI is InChI=1S/C12H13BrFN/c13-10-2-1-9(7-11(10)14)15-6-5-12(8-15)3-4-12/h1-2,7H,3-6,8H2. The Morgan fingerprint density at radius 1 is 1.27 bits per heavy atom. The third kappa shape index (κ3) is 1.67. The van der Waals surface area contributed by atoms with Gasteiger partial charge < -0.3 is 4.90 Å². The summed E-state index contributed by atoms with van der Waals surface area (Å²) in [6, 6.07) is 5.42. The quantitative estimate of drug-likeness (QED) is 0.754. The van der Waals surface area contributed by atoms with E-state index in [0.717, 1.165) is 18.8 Å². The van der Waals surface area contributed by atoms with Crippen LogP contribution in [0, 0.1) is 11.2 Å². The van der Waals surface area contributed by atoms with Crippen LogP contribution in [0.4, 0.5) is 10.1 Å². The molecule has 1 heterocycles. The first kappa shape index (κ1) is 9.64. The zero-order chi connectivity index (χ0) is 10.5. The van der Waals surface area contributed by atoms with Crippen LogP contribution in [-0.2, 0) is 0 Å². The van der Waals surface area contributed by atoms with E-state index in [-0.39, 0.29) is 5.82 Å². The molecule has 0 radical (unpaired) electrons. The minimum absolute atomic E-state index is 0.163. The summed E-state index contributed by atoms with van der Waals surface area (Å²) in [6.07, 6.45) is 4.01. The Hall–Kier alpha value is -0.570. The summed E-state index contributed by atoms with van der Waals surface area (Å²) in [5.41, 5.74) is 1.63. The van der Waals surface area contributed by atoms with Crippen molar-refractivity contribution in [2.75, 3.05) is 18.0 Å². The minimum atomic E-state index is -0.163. The normalized spacial score (nSPS) is 22.4. The summed E-state index contributed by atoms with van der Waals surface area (Å²) < 4.78 is 13.9. The predicted molar refractivity (Wildman–Crippen MR) is 62.6 cm³/mol. The summed E-state index contributed by atoms with van der Waals surface area (Å²) >= 11 is 3.18. The summed E-state index contributed by atoms with van der Waals surface area (Å²) in [6.45, 7) is 2.20. The summed E-state index contributed by atoms with van der Waals surface area (Å²) in [5.74, 6) is -0.163. The number of rotatable bonds is 1. The second kappa shape index (κ2) is 3.21. The van der Waals surface area contributed by atoms with E-state index in [9.17, 15) is 4.39 Å². The van der Waals surface area contributed by atoms with Crippen molar-refractivity contribution in [1.29, 1.82) is 0 Å². The number of hydrogen-bond donors (Lipinski definition) is 0. The van der Waals surface area contributed by atoms with Gasteiger partial charge in [0.2, 0.25) is 0 Å². The van der Waals surface area contributed by atoms with E-state index in [1.807, 2.05) is 6.07 Å². The average Bonchev–Trinajstić information content (AvgIpc) is 2.82. The predicted octanol–water partition coefficient (Wildman–Crippen LogP) is 3.58. The average molecular weight is 270 g/mol. The lowest BCUT2D eigenvalue weighted by Crippen LogP contribution is -2.19. The van der Waals surface area contributed by atoms with E-state index in [0.29, 0.717) is 9.89 Å². The van der Waals surface area contributed by atoms with Crippen LogP contribution in [0.2, 0.25) is 0 Å². The molecule has 2 aliphatic rings. The highest BCUT2D eigenvalue weighted by Gasteiger charge is 2.47. The molecule has 1 aromatic carbocycles. The molecule has 1 aliphatic carbocycles. The number of halogens is 2. The number of nitrogens with zero attached hydrogens (tertiary/aromatic N) is 1. The maximum atomic E-state index is 13.4. The van der Waals surface area contributed by atoms with Gasteiger partial charge in [-0.2, -0.15) is 0 Å². The van der Waals surface area contributed by atoms with E-state index in [1.165, 1.54) is 19.3 Å². The molecule has 3 rings (SSSR count). The van der Waals surface area contributed by atoms with Gasteiger partial charge in [0.15, 0.2) is 0 Å². The van der Waals surface area contributed by atoms with E-state index in [2.05, 4.69) is 20.8 Å². The van der Waals surface area contributed by atoms with Gasteiger partial charge in [-0.1, -0.05) is 0 Å². The SMILES string of the molecule is Fc1cc(N2CCC3(CC3)C2)ccc1Br. The Morgan fingerprint density at radius 3 is 2.67 bits per heavy atom. The van der Waals surface area contributed by atoms with Gasteiger partial charge in [0.1, 0.15) is 5.82 Å². The zero-order valence-corrected chi connectivity index (χ0v) is 10.1. The minimum Gasteiger partial charge on any atom is -0.371 e. The van der Waals surface area contributed by atoms with Crippen molar-refractivity contribution >= 4 is 21.6 Å². The first-order chi connectivity index (χ1) is 7.19. The fourth-order valence-electron chi connectivity index (χ4n) is 2.42. The largest absolute Gasteiger partial charge is 0.371 e. The molecule has 1 aliphatic heterocycles. The van der Waals surface area contributed by atoms with E-state index < -0.39 is 0 Å². The third-order valence-corrected chi connectivity index (χ3v) is 4.31. The molecular formula is C12H13BrFN. The van der Waals surface area contributed by atoms with Gasteiger partial charge in [-0.05, 0) is 58.8 Å². The summed E-state index contributed by atoms with van der Waals surface area (Å²) in [7, 11) is 0. The third-order valence-electron chi connectivity index (χ3n) is 3.66. The van der Waals surface area contributed by atoms with Crippen molar-refractivity contribution in [3.8, 4) is 0 Å². The van der Waals surface area contributed by atoms with E-state index in [1.54, 1.807) is 12.1 Å². The van der Waals surface area contributed by atoms with Gasteiger partial charge in [0.05, 0.1) is 4.47 Å². The lowest BCUT2D eigenvalue weighted by molar-refractivity contribution is 0.580. The van der Waals surface area contributed by atoms with Crippen LogP contribution in [0.15, 0.2) is 22.7 Å². The Balaban J connectivity index is 1.84. The fraction of sp³-hybridized carbons (Fsp3) is 0.500. The first-order valence-corrected chi connectivity index (χ1v) is 6.18. The molecule has 2 fully saturated rings. The van der Waals surface area contributed by atoms with Crippen molar-refractivity contribution in [2.45, 2.75) is 19.3 Å². The lowest BCUT2D eigenvalue weighted by atomic mass is 10.1. The molecule has 15 heavy (non-hydrogen) atoms. The van der Waals surface area contributed by atoms with Gasteiger partial charge in [0, 0.05) is 18.8 Å². The molecule has 1 aromatic rings. The summed E-state index contributed by atoms with van der Waals surface area (Å²) in [4.78, 5) is 2.31. The van der Waals surface area contributed by atoms with Crippen molar-refractivity contribution in [3.05, 3.63) is 28.5 Å². The molecule has 3 heteroatoms. The molecule has 0 amide bonds. The van der Waals surface area contributed by atoms with Crippen LogP contribution in [-0.4, -0.2) is 13.1 Å². The Morgan fingerprint density at radius 2 is 2.07 bits per heavy atom. The van der Waals surface area contributed by atoms with Crippen molar-refractivity contribution in [1.82, 2.24) is 0 Å². The van der Waals surface area contributed by atoms with Crippen LogP contribution in [0.5, 0.6) is 0 Å². The smallest absolute Gasteiger partial charge is 0.139 e. The van der Waals surface area contributed by atoms with Gasteiger partial charge in [-0.15, -0.1) is 0 Å². The topological polar surface area (TPSA) is 3.24 Å². The van der Waals surface area contributed by atoms with Crippen LogP contribution >= 0.6 is 15.9 Å². The van der Waals surface area contributed by atoms with Gasteiger partial charge in [-0.25, -0.2) is 4.39 Å². The molecule has 1 saturated heterocycles. The maximum Gasteiger partial charge on any atom is 0.139 e. The Labute approximate surface area is 97.4 Å². The zero-order valence-electron chi connectivity index (χ0n) is 8.47. The van der Waals surface area contributed by atoms with Crippen LogP contribution in [0.3, 0.4) is 0 Å². The van der Waals surface area contributed by atoms with Gasteiger partial charge >= 0.3 is 0 Å². The fourth-order valence-corrected chi connectivity index (χ4v) is 2.67. The first-order valence-electron chi connectivity index (χ1n) is 5.39. The highest BCUT2D eigenvalue weighted by atomic mass is 79.9. The van der Waals surface area contributed by atoms with E-state index >= 15 is 0 Å². The molecule has 1 nitrogen and oxygen atoms in total.